The number of imidazole rings is 2. The fourth-order valence-corrected chi connectivity index (χ4v) is 6.58. The molecule has 8 rings (SSSR count). The maximum absolute atomic E-state index is 14.3. The quantitative estimate of drug-likeness (QED) is 0.344. The topological polar surface area (TPSA) is 75.6 Å². The van der Waals surface area contributed by atoms with Gasteiger partial charge in [0.2, 0.25) is 11.9 Å². The lowest BCUT2D eigenvalue weighted by molar-refractivity contribution is -0.129. The van der Waals surface area contributed by atoms with Gasteiger partial charge in [-0.25, -0.2) is 14.4 Å². The number of hydrogen-bond donors (Lipinski definition) is 2. The summed E-state index contributed by atoms with van der Waals surface area (Å²) in [7, 11) is 0. The molecule has 5 aromatic rings. The normalized spacial score (nSPS) is 23.9. The van der Waals surface area contributed by atoms with Gasteiger partial charge in [0.15, 0.2) is 0 Å². The summed E-state index contributed by atoms with van der Waals surface area (Å²) in [6.07, 6.45) is 6.18. The molecule has 3 unspecified atom stereocenters. The van der Waals surface area contributed by atoms with E-state index in [1.165, 1.54) is 11.6 Å². The number of fused-ring (bicyclic) bond motifs is 2. The van der Waals surface area contributed by atoms with Crippen molar-refractivity contribution in [3.8, 4) is 11.3 Å². The predicted octanol–water partition coefficient (Wildman–Crippen LogP) is 5.82. The molecule has 0 fully saturated rings. The van der Waals surface area contributed by atoms with E-state index >= 15 is 0 Å². The summed E-state index contributed by atoms with van der Waals surface area (Å²) in [6.45, 7) is 4.21. The van der Waals surface area contributed by atoms with E-state index in [1.807, 2.05) is 43.6 Å². The zero-order chi connectivity index (χ0) is 24.7. The lowest BCUT2D eigenvalue weighted by Crippen LogP contribution is -2.55. The van der Waals surface area contributed by atoms with Gasteiger partial charge in [-0.2, -0.15) is 0 Å². The third-order valence-electron chi connectivity index (χ3n) is 8.09. The van der Waals surface area contributed by atoms with E-state index < -0.39 is 5.41 Å². The Bertz CT molecular complexity index is 1690. The van der Waals surface area contributed by atoms with E-state index in [4.69, 9.17) is 0 Å². The van der Waals surface area contributed by atoms with Gasteiger partial charge in [-0.05, 0) is 48.9 Å². The van der Waals surface area contributed by atoms with Crippen LogP contribution in [0.5, 0.6) is 0 Å². The van der Waals surface area contributed by atoms with Crippen LogP contribution in [0.2, 0.25) is 0 Å². The third-order valence-corrected chi connectivity index (χ3v) is 8.09. The van der Waals surface area contributed by atoms with Crippen molar-refractivity contribution in [3.05, 3.63) is 102 Å². The first kappa shape index (κ1) is 21.1. The molecule has 7 heteroatoms. The molecule has 0 saturated heterocycles. The molecule has 0 saturated carbocycles. The van der Waals surface area contributed by atoms with Crippen LogP contribution in [0.25, 0.3) is 22.0 Å². The van der Waals surface area contributed by atoms with Gasteiger partial charge in [0.1, 0.15) is 11.6 Å². The van der Waals surface area contributed by atoms with Gasteiger partial charge in [0.05, 0.1) is 22.6 Å². The molecule has 2 aliphatic heterocycles. The van der Waals surface area contributed by atoms with Crippen molar-refractivity contribution in [2.75, 3.05) is 5.32 Å². The first-order valence-electron chi connectivity index (χ1n) is 12.1. The monoisotopic (exact) mass is 477 g/mol. The van der Waals surface area contributed by atoms with E-state index in [9.17, 15) is 9.18 Å². The van der Waals surface area contributed by atoms with Crippen LogP contribution in [-0.2, 0) is 10.2 Å². The maximum Gasteiger partial charge on any atom is 0.235 e. The highest BCUT2D eigenvalue weighted by Crippen LogP contribution is 2.60. The molecular weight excluding hydrogens is 453 g/mol. The fraction of sp³-hybridized carbons (Fsp3) is 0.207. The van der Waals surface area contributed by atoms with Crippen molar-refractivity contribution in [1.29, 1.82) is 0 Å². The van der Waals surface area contributed by atoms with Gasteiger partial charge >= 0.3 is 0 Å². The number of benzene rings is 3. The summed E-state index contributed by atoms with van der Waals surface area (Å²) in [6, 6.07) is 18.7. The lowest BCUT2D eigenvalue weighted by atomic mass is 9.55. The van der Waals surface area contributed by atoms with Gasteiger partial charge in [-0.3, -0.25) is 10.1 Å². The second-order valence-corrected chi connectivity index (χ2v) is 10.3. The molecule has 6 nitrogen and oxygen atoms in total. The molecule has 3 aromatic carbocycles. The second-order valence-electron chi connectivity index (χ2n) is 10.3. The summed E-state index contributed by atoms with van der Waals surface area (Å²) < 4.78 is 16.5. The third kappa shape index (κ3) is 2.68. The number of aromatic amines is 1. The average Bonchev–Trinajstić information content (AvgIpc) is 3.55. The standard InChI is InChI=1S/C29H24FN5O/c1-28-16-29(2,24(35-14-13-31-25(28)35)20-9-5-6-10-21(20)28)26(36)34-27-32-15-23(33-27)19-11-12-22(30)18-8-4-3-7-17(18)19/h3-15,24H,16H2,1-2H3,(H2,32,33,34,36). The molecule has 1 amide bonds. The number of hydrogen-bond acceptors (Lipinski definition) is 3. The Morgan fingerprint density at radius 1 is 1.08 bits per heavy atom. The smallest absolute Gasteiger partial charge is 0.235 e. The SMILES string of the molecule is CC12CC(C)(C(=O)Nc3nc(-c4ccc(F)c5ccccc45)c[nH]3)C(c3ccccc31)n1ccnc12. The lowest BCUT2D eigenvalue weighted by Gasteiger charge is -2.54. The van der Waals surface area contributed by atoms with Crippen LogP contribution >= 0.6 is 0 Å². The predicted molar refractivity (Wildman–Crippen MR) is 136 cm³/mol. The van der Waals surface area contributed by atoms with E-state index in [0.717, 1.165) is 22.3 Å². The van der Waals surface area contributed by atoms with E-state index in [-0.39, 0.29) is 23.2 Å². The summed E-state index contributed by atoms with van der Waals surface area (Å²) in [4.78, 5) is 26.3. The van der Waals surface area contributed by atoms with Crippen molar-refractivity contribution in [3.63, 3.8) is 0 Å². The molecule has 3 atom stereocenters. The Morgan fingerprint density at radius 2 is 1.86 bits per heavy atom. The Kier molecular flexibility index (Phi) is 4.17. The van der Waals surface area contributed by atoms with Crippen LogP contribution in [0.4, 0.5) is 10.3 Å². The van der Waals surface area contributed by atoms with Crippen molar-refractivity contribution in [1.82, 2.24) is 19.5 Å². The maximum atomic E-state index is 14.3. The van der Waals surface area contributed by atoms with Crippen LogP contribution in [0.3, 0.4) is 0 Å². The van der Waals surface area contributed by atoms with Crippen LogP contribution in [-0.4, -0.2) is 25.4 Å². The highest BCUT2D eigenvalue weighted by molar-refractivity contribution is 5.98. The Hall–Kier alpha value is -4.26. The van der Waals surface area contributed by atoms with E-state index in [1.54, 1.807) is 18.3 Å². The summed E-state index contributed by atoms with van der Waals surface area (Å²) in [5, 5.41) is 4.36. The summed E-state index contributed by atoms with van der Waals surface area (Å²) in [5.74, 6) is 0.999. The Balaban J connectivity index is 1.25. The van der Waals surface area contributed by atoms with Crippen molar-refractivity contribution in [2.24, 2.45) is 5.41 Å². The van der Waals surface area contributed by atoms with Gasteiger partial charge < -0.3 is 9.55 Å². The van der Waals surface area contributed by atoms with E-state index in [2.05, 4.69) is 50.0 Å². The zero-order valence-corrected chi connectivity index (χ0v) is 19.9. The molecule has 178 valence electrons. The highest BCUT2D eigenvalue weighted by atomic mass is 19.1. The number of amides is 1. The average molecular weight is 478 g/mol. The van der Waals surface area contributed by atoms with Crippen LogP contribution in [0, 0.1) is 11.2 Å². The number of nitrogens with zero attached hydrogens (tertiary/aromatic N) is 3. The highest BCUT2D eigenvalue weighted by Gasteiger charge is 2.59. The van der Waals surface area contributed by atoms with Gasteiger partial charge in [-0.1, -0.05) is 48.5 Å². The molecule has 2 aromatic heterocycles. The largest absolute Gasteiger partial charge is 0.330 e. The van der Waals surface area contributed by atoms with Gasteiger partial charge in [0.25, 0.3) is 0 Å². The van der Waals surface area contributed by atoms with Gasteiger partial charge in [-0.15, -0.1) is 0 Å². The molecule has 1 aliphatic carbocycles. The molecular formula is C29H24FN5O. The Morgan fingerprint density at radius 3 is 2.72 bits per heavy atom. The fourth-order valence-electron chi connectivity index (χ4n) is 6.58. The molecule has 36 heavy (non-hydrogen) atoms. The number of nitrogens with one attached hydrogen (secondary N) is 2. The van der Waals surface area contributed by atoms with Crippen LogP contribution in [0.1, 0.15) is 43.3 Å². The summed E-state index contributed by atoms with van der Waals surface area (Å²) >= 11 is 0. The first-order chi connectivity index (χ1) is 17.4. The number of carbonyl (C=O) groups is 1. The van der Waals surface area contributed by atoms with E-state index in [0.29, 0.717) is 23.4 Å². The number of halogens is 1. The van der Waals surface area contributed by atoms with Crippen LogP contribution in [0.15, 0.2) is 79.3 Å². The minimum absolute atomic E-state index is 0.0996. The van der Waals surface area contributed by atoms with Gasteiger partial charge in [0, 0.05) is 29.5 Å². The minimum Gasteiger partial charge on any atom is -0.330 e. The number of anilines is 1. The summed E-state index contributed by atoms with van der Waals surface area (Å²) in [5.41, 5.74) is 2.76. The molecule has 0 spiro atoms. The Labute approximate surface area is 207 Å². The molecule has 0 radical (unpaired) electrons. The second kappa shape index (κ2) is 7.13. The first-order valence-corrected chi connectivity index (χ1v) is 12.1. The minimum atomic E-state index is -0.716. The van der Waals surface area contributed by atoms with Crippen molar-refractivity contribution < 1.29 is 9.18 Å². The van der Waals surface area contributed by atoms with Crippen molar-refractivity contribution >= 4 is 22.6 Å². The zero-order valence-electron chi connectivity index (χ0n) is 19.9. The number of aromatic nitrogens is 4. The number of H-pyrrole nitrogens is 1. The van der Waals surface area contributed by atoms with Crippen molar-refractivity contribution in [2.45, 2.75) is 31.7 Å². The number of rotatable bonds is 3. The number of carbonyl (C=O) groups excluding carboxylic acids is 1. The van der Waals surface area contributed by atoms with Crippen LogP contribution < -0.4 is 5.32 Å². The molecule has 2 N–H and O–H groups in total. The molecule has 4 heterocycles. The molecule has 3 aliphatic rings. The molecule has 2 bridgehead atoms.